The van der Waals surface area contributed by atoms with E-state index in [9.17, 15) is 8.42 Å². The summed E-state index contributed by atoms with van der Waals surface area (Å²) >= 11 is 6.45. The minimum Gasteiger partial charge on any atom is -0.235 e. The van der Waals surface area contributed by atoms with Gasteiger partial charge in [0.05, 0.1) is 0 Å². The highest BCUT2D eigenvalue weighted by atomic mass is 79.9. The van der Waals surface area contributed by atoms with E-state index in [1.807, 2.05) is 30.3 Å². The molecule has 0 N–H and O–H groups in total. The Morgan fingerprint density at radius 1 is 1.29 bits per heavy atom. The largest absolute Gasteiger partial charge is 0.263 e. The summed E-state index contributed by atoms with van der Waals surface area (Å²) in [6, 6.07) is 9.46. The maximum Gasteiger partial charge on any atom is 0.263 e. The molecule has 6 nitrogen and oxygen atoms in total. The van der Waals surface area contributed by atoms with Gasteiger partial charge in [0, 0.05) is 25.5 Å². The van der Waals surface area contributed by atoms with E-state index >= 15 is 0 Å². The van der Waals surface area contributed by atoms with Gasteiger partial charge < -0.3 is 0 Å². The number of hydrogen-bond acceptors (Lipinski definition) is 4. The van der Waals surface area contributed by atoms with E-state index in [1.165, 1.54) is 8.99 Å². The maximum atomic E-state index is 12.8. The summed E-state index contributed by atoms with van der Waals surface area (Å²) in [5.74, 6) is 0. The number of aryl methyl sites for hydroxylation is 1. The highest BCUT2D eigenvalue weighted by Gasteiger charge is 2.30. The molecule has 2 rings (SSSR count). The van der Waals surface area contributed by atoms with Gasteiger partial charge in [0.15, 0.2) is 4.60 Å². The Morgan fingerprint density at radius 3 is 2.48 bits per heavy atom. The molecule has 0 fully saturated rings. The van der Waals surface area contributed by atoms with Crippen molar-refractivity contribution in [2.24, 2.45) is 7.05 Å². The monoisotopic (exact) mass is 436 g/mol. The number of sulfonamides is 1. The predicted molar refractivity (Wildman–Crippen MR) is 86.5 cm³/mol. The van der Waals surface area contributed by atoms with Crippen LogP contribution in [0.3, 0.4) is 0 Å². The van der Waals surface area contributed by atoms with Crippen LogP contribution in [0.5, 0.6) is 0 Å². The smallest absolute Gasteiger partial charge is 0.235 e. The topological polar surface area (TPSA) is 68.1 Å². The molecule has 21 heavy (non-hydrogen) atoms. The van der Waals surface area contributed by atoms with Crippen LogP contribution in [-0.2, 0) is 23.6 Å². The lowest BCUT2D eigenvalue weighted by Crippen LogP contribution is -2.33. The van der Waals surface area contributed by atoms with Crippen LogP contribution >= 0.6 is 31.9 Å². The summed E-state index contributed by atoms with van der Waals surface area (Å²) in [5.41, 5.74) is 0.924. The summed E-state index contributed by atoms with van der Waals surface area (Å²) in [4.78, 5) is 0. The normalized spacial score (nSPS) is 12.0. The van der Waals surface area contributed by atoms with Gasteiger partial charge in [-0.05, 0) is 21.5 Å². The van der Waals surface area contributed by atoms with E-state index in [4.69, 9.17) is 0 Å². The molecule has 0 aliphatic heterocycles. The summed E-state index contributed by atoms with van der Waals surface area (Å²) in [6.07, 6.45) is 0. The van der Waals surface area contributed by atoms with Gasteiger partial charge in [-0.1, -0.05) is 51.5 Å². The van der Waals surface area contributed by atoms with Gasteiger partial charge in [-0.3, -0.25) is 0 Å². The standard InChI is InChI=1S/C12H14Br2N4O2S/c1-17-12(11(14)15-16-17)21(19,20)18(8-7-13)9-10-5-3-2-4-6-10/h2-6H,7-9H2,1H3. The molecule has 1 heterocycles. The lowest BCUT2D eigenvalue weighted by molar-refractivity contribution is 0.419. The average Bonchev–Trinajstić information content (AvgIpc) is 2.79. The molecule has 0 spiro atoms. The van der Waals surface area contributed by atoms with Crippen LogP contribution < -0.4 is 0 Å². The first kappa shape index (κ1) is 16.6. The molecule has 0 bridgehead atoms. The summed E-state index contributed by atoms with van der Waals surface area (Å²) in [5, 5.41) is 8.08. The molecular weight excluding hydrogens is 424 g/mol. The van der Waals surface area contributed by atoms with E-state index in [0.717, 1.165) is 5.56 Å². The Kier molecular flexibility index (Phi) is 5.53. The van der Waals surface area contributed by atoms with Gasteiger partial charge in [0.25, 0.3) is 10.0 Å². The zero-order valence-electron chi connectivity index (χ0n) is 11.3. The second-order valence-electron chi connectivity index (χ2n) is 4.32. The Hall–Kier alpha value is -0.770. The molecule has 0 amide bonds. The highest BCUT2D eigenvalue weighted by molar-refractivity contribution is 9.10. The van der Waals surface area contributed by atoms with Crippen LogP contribution in [0.1, 0.15) is 5.56 Å². The van der Waals surface area contributed by atoms with E-state index in [2.05, 4.69) is 42.2 Å². The molecule has 114 valence electrons. The third kappa shape index (κ3) is 3.71. The fourth-order valence-corrected chi connectivity index (χ4v) is 5.01. The fraction of sp³-hybridized carbons (Fsp3) is 0.333. The van der Waals surface area contributed by atoms with E-state index in [1.54, 1.807) is 7.05 Å². The minimum atomic E-state index is -3.69. The van der Waals surface area contributed by atoms with Gasteiger partial charge in [0.1, 0.15) is 0 Å². The minimum absolute atomic E-state index is 0.0550. The lowest BCUT2D eigenvalue weighted by Gasteiger charge is -2.21. The van der Waals surface area contributed by atoms with E-state index in [0.29, 0.717) is 18.4 Å². The molecule has 2 aromatic rings. The van der Waals surface area contributed by atoms with Gasteiger partial charge in [-0.15, -0.1) is 5.10 Å². The zero-order valence-corrected chi connectivity index (χ0v) is 15.3. The second kappa shape index (κ2) is 6.99. The van der Waals surface area contributed by atoms with Gasteiger partial charge in [0.2, 0.25) is 5.03 Å². The maximum absolute atomic E-state index is 12.8. The molecule has 1 aromatic heterocycles. The highest BCUT2D eigenvalue weighted by Crippen LogP contribution is 2.23. The Balaban J connectivity index is 2.37. The Morgan fingerprint density at radius 2 is 1.95 bits per heavy atom. The number of alkyl halides is 1. The first-order chi connectivity index (χ1) is 9.96. The van der Waals surface area contributed by atoms with Crippen molar-refractivity contribution >= 4 is 41.9 Å². The van der Waals surface area contributed by atoms with Crippen molar-refractivity contribution in [1.82, 2.24) is 19.3 Å². The zero-order chi connectivity index (χ0) is 15.5. The predicted octanol–water partition coefficient (Wildman–Crippen LogP) is 2.16. The molecule has 0 saturated carbocycles. The number of benzene rings is 1. The number of aromatic nitrogens is 3. The SMILES string of the molecule is Cn1nnc(Br)c1S(=O)(=O)N(CCBr)Cc1ccccc1. The number of nitrogens with zero attached hydrogens (tertiary/aromatic N) is 4. The summed E-state index contributed by atoms with van der Waals surface area (Å²) < 4.78 is 28.5. The Labute approximate surface area is 140 Å². The lowest BCUT2D eigenvalue weighted by atomic mass is 10.2. The van der Waals surface area contributed by atoms with Crippen molar-refractivity contribution in [1.29, 1.82) is 0 Å². The van der Waals surface area contributed by atoms with Gasteiger partial charge in [-0.25, -0.2) is 13.1 Å². The second-order valence-corrected chi connectivity index (χ2v) is 7.72. The summed E-state index contributed by atoms with van der Waals surface area (Å²) in [6.45, 7) is 0.654. The molecule has 0 unspecified atom stereocenters. The molecule has 0 aliphatic carbocycles. The third-order valence-corrected chi connectivity index (χ3v) is 5.95. The number of halogens is 2. The molecular formula is C12H14Br2N4O2S. The first-order valence-electron chi connectivity index (χ1n) is 6.12. The number of hydrogen-bond donors (Lipinski definition) is 0. The van der Waals surface area contributed by atoms with Crippen LogP contribution in [0.25, 0.3) is 0 Å². The Bertz CT molecular complexity index is 684. The van der Waals surface area contributed by atoms with Crippen molar-refractivity contribution in [3.05, 3.63) is 40.5 Å². The van der Waals surface area contributed by atoms with E-state index in [-0.39, 0.29) is 9.63 Å². The molecule has 1 aromatic carbocycles. The fourth-order valence-electron chi connectivity index (χ4n) is 1.88. The van der Waals surface area contributed by atoms with Gasteiger partial charge in [-0.2, -0.15) is 4.31 Å². The van der Waals surface area contributed by atoms with Crippen LogP contribution in [0, 0.1) is 0 Å². The third-order valence-electron chi connectivity index (χ3n) is 2.86. The van der Waals surface area contributed by atoms with Crippen LogP contribution in [-0.4, -0.2) is 39.6 Å². The van der Waals surface area contributed by atoms with Crippen molar-refractivity contribution < 1.29 is 8.42 Å². The van der Waals surface area contributed by atoms with Crippen molar-refractivity contribution in [2.75, 3.05) is 11.9 Å². The van der Waals surface area contributed by atoms with Crippen molar-refractivity contribution in [3.63, 3.8) is 0 Å². The molecule has 9 heteroatoms. The van der Waals surface area contributed by atoms with Crippen LogP contribution in [0.15, 0.2) is 40.0 Å². The molecule has 0 saturated heterocycles. The average molecular weight is 438 g/mol. The van der Waals surface area contributed by atoms with Crippen LogP contribution in [0.4, 0.5) is 0 Å². The van der Waals surface area contributed by atoms with Crippen molar-refractivity contribution in [2.45, 2.75) is 11.6 Å². The molecule has 0 aliphatic rings. The first-order valence-corrected chi connectivity index (χ1v) is 9.47. The molecule has 0 radical (unpaired) electrons. The van der Waals surface area contributed by atoms with Crippen molar-refractivity contribution in [3.8, 4) is 0 Å². The van der Waals surface area contributed by atoms with Gasteiger partial charge >= 0.3 is 0 Å². The van der Waals surface area contributed by atoms with E-state index < -0.39 is 10.0 Å². The van der Waals surface area contributed by atoms with Crippen LogP contribution in [0.2, 0.25) is 0 Å². The molecule has 0 atom stereocenters. The quantitative estimate of drug-likeness (QED) is 0.649. The summed E-state index contributed by atoms with van der Waals surface area (Å²) in [7, 11) is -2.13. The number of rotatable bonds is 6.